The number of nitrogens with zero attached hydrogens (tertiary/aromatic N) is 1. The Kier molecular flexibility index (Phi) is 3.55. The molecule has 0 bridgehead atoms. The Bertz CT molecular complexity index is 567. The van der Waals surface area contributed by atoms with Crippen molar-refractivity contribution in [1.29, 1.82) is 0 Å². The quantitative estimate of drug-likeness (QED) is 0.912. The van der Waals surface area contributed by atoms with E-state index in [0.29, 0.717) is 12.2 Å². The first kappa shape index (κ1) is 15.1. The molecule has 1 aromatic carbocycles. The third-order valence-corrected chi connectivity index (χ3v) is 4.44. The minimum absolute atomic E-state index is 0.218. The van der Waals surface area contributed by atoms with Crippen LogP contribution in [-0.4, -0.2) is 31.3 Å². The predicted octanol–water partition coefficient (Wildman–Crippen LogP) is 3.03. The molecule has 2 heterocycles. The van der Waals surface area contributed by atoms with Gasteiger partial charge >= 0.3 is 12.3 Å². The molecule has 4 nitrogen and oxygen atoms in total. The summed E-state index contributed by atoms with van der Waals surface area (Å²) in [6.45, 7) is 3.90. The second-order valence-corrected chi connectivity index (χ2v) is 6.00. The average molecular weight is 314 g/mol. The van der Waals surface area contributed by atoms with E-state index in [4.69, 9.17) is 4.74 Å². The number of hydrogen-bond acceptors (Lipinski definition) is 3. The zero-order chi connectivity index (χ0) is 16.0. The number of nitrogens with one attached hydrogen (secondary N) is 1. The number of rotatable bonds is 2. The van der Waals surface area contributed by atoms with Gasteiger partial charge in [-0.05, 0) is 44.2 Å². The van der Waals surface area contributed by atoms with E-state index < -0.39 is 23.4 Å². The molecule has 22 heavy (non-hydrogen) atoms. The SMILES string of the molecule is CC1(C2CCNC2)CN(c2ccc(C(F)(F)F)cc2)C(=O)O1. The molecule has 0 saturated carbocycles. The first-order valence-corrected chi connectivity index (χ1v) is 7.18. The van der Waals surface area contributed by atoms with E-state index >= 15 is 0 Å². The van der Waals surface area contributed by atoms with Gasteiger partial charge in [0.05, 0.1) is 12.1 Å². The fourth-order valence-electron chi connectivity index (χ4n) is 3.08. The van der Waals surface area contributed by atoms with Crippen molar-refractivity contribution >= 4 is 11.8 Å². The first-order valence-electron chi connectivity index (χ1n) is 7.18. The fraction of sp³-hybridized carbons (Fsp3) is 0.533. The fourth-order valence-corrected chi connectivity index (χ4v) is 3.08. The van der Waals surface area contributed by atoms with Gasteiger partial charge in [0.1, 0.15) is 5.60 Å². The van der Waals surface area contributed by atoms with Crippen LogP contribution in [0.2, 0.25) is 0 Å². The van der Waals surface area contributed by atoms with Crippen LogP contribution in [0.1, 0.15) is 18.9 Å². The standard InChI is InChI=1S/C15H17F3N2O2/c1-14(11-6-7-19-8-11)9-20(13(21)22-14)12-4-2-10(3-5-12)15(16,17)18/h2-5,11,19H,6-9H2,1H3. The Balaban J connectivity index is 1.79. The van der Waals surface area contributed by atoms with Crippen LogP contribution < -0.4 is 10.2 Å². The summed E-state index contributed by atoms with van der Waals surface area (Å²) in [4.78, 5) is 13.5. The lowest BCUT2D eigenvalue weighted by Crippen LogP contribution is -2.40. The zero-order valence-corrected chi connectivity index (χ0v) is 12.1. The molecule has 3 rings (SSSR count). The number of ether oxygens (including phenoxy) is 1. The lowest BCUT2D eigenvalue weighted by atomic mass is 9.88. The molecule has 0 aliphatic carbocycles. The van der Waals surface area contributed by atoms with E-state index in [9.17, 15) is 18.0 Å². The van der Waals surface area contributed by atoms with Gasteiger partial charge in [0.15, 0.2) is 0 Å². The molecule has 2 aliphatic heterocycles. The van der Waals surface area contributed by atoms with E-state index in [1.54, 1.807) is 0 Å². The van der Waals surface area contributed by atoms with Gasteiger partial charge in [-0.15, -0.1) is 0 Å². The summed E-state index contributed by atoms with van der Waals surface area (Å²) in [5, 5.41) is 3.23. The van der Waals surface area contributed by atoms with Crippen molar-refractivity contribution < 1.29 is 22.7 Å². The van der Waals surface area contributed by atoms with Crippen molar-refractivity contribution in [2.45, 2.75) is 25.1 Å². The zero-order valence-electron chi connectivity index (χ0n) is 12.1. The lowest BCUT2D eigenvalue weighted by molar-refractivity contribution is -0.137. The highest BCUT2D eigenvalue weighted by molar-refractivity contribution is 5.90. The summed E-state index contributed by atoms with van der Waals surface area (Å²) in [6, 6.07) is 4.58. The van der Waals surface area contributed by atoms with Gasteiger partial charge in [-0.1, -0.05) is 0 Å². The summed E-state index contributed by atoms with van der Waals surface area (Å²) in [6.07, 6.45) is -3.97. The number of carbonyl (C=O) groups is 1. The maximum atomic E-state index is 12.6. The molecule has 2 aliphatic rings. The molecule has 1 aromatic rings. The van der Waals surface area contributed by atoms with Crippen LogP contribution in [0.5, 0.6) is 0 Å². The third kappa shape index (κ3) is 2.65. The number of carbonyl (C=O) groups excluding carboxylic acids is 1. The molecule has 2 fully saturated rings. The van der Waals surface area contributed by atoms with Gasteiger partial charge < -0.3 is 10.1 Å². The largest absolute Gasteiger partial charge is 0.441 e. The highest BCUT2D eigenvalue weighted by Crippen LogP contribution is 2.37. The molecular weight excluding hydrogens is 297 g/mol. The Morgan fingerprint density at radius 1 is 1.32 bits per heavy atom. The summed E-state index contributed by atoms with van der Waals surface area (Å²) < 4.78 is 43.3. The van der Waals surface area contributed by atoms with Crippen LogP contribution in [0.15, 0.2) is 24.3 Å². The predicted molar refractivity (Wildman–Crippen MR) is 74.7 cm³/mol. The monoisotopic (exact) mass is 314 g/mol. The summed E-state index contributed by atoms with van der Waals surface area (Å²) in [7, 11) is 0. The van der Waals surface area contributed by atoms with Crippen molar-refractivity contribution in [1.82, 2.24) is 5.32 Å². The van der Waals surface area contributed by atoms with Crippen molar-refractivity contribution in [2.24, 2.45) is 5.92 Å². The van der Waals surface area contributed by atoms with E-state index in [-0.39, 0.29) is 5.92 Å². The number of benzene rings is 1. The number of halogens is 3. The minimum atomic E-state index is -4.38. The molecule has 1 amide bonds. The number of cyclic esters (lactones) is 1. The van der Waals surface area contributed by atoms with E-state index in [1.807, 2.05) is 6.92 Å². The van der Waals surface area contributed by atoms with Crippen molar-refractivity contribution in [3.8, 4) is 0 Å². The van der Waals surface area contributed by atoms with Crippen molar-refractivity contribution in [3.05, 3.63) is 29.8 Å². The summed E-state index contributed by atoms with van der Waals surface area (Å²) >= 11 is 0. The summed E-state index contributed by atoms with van der Waals surface area (Å²) in [5.74, 6) is 0.218. The Morgan fingerprint density at radius 2 is 2.00 bits per heavy atom. The van der Waals surface area contributed by atoms with Gasteiger partial charge in [0.2, 0.25) is 0 Å². The van der Waals surface area contributed by atoms with Gasteiger partial charge in [0.25, 0.3) is 0 Å². The van der Waals surface area contributed by atoms with Crippen LogP contribution in [0.3, 0.4) is 0 Å². The molecule has 1 N–H and O–H groups in total. The van der Waals surface area contributed by atoms with Crippen LogP contribution >= 0.6 is 0 Å². The maximum Gasteiger partial charge on any atom is 0.416 e. The second kappa shape index (κ2) is 5.15. The van der Waals surface area contributed by atoms with Crippen LogP contribution in [-0.2, 0) is 10.9 Å². The molecular formula is C15H17F3N2O2. The molecule has 120 valence electrons. The Labute approximate surface area is 126 Å². The minimum Gasteiger partial charge on any atom is -0.441 e. The van der Waals surface area contributed by atoms with E-state index in [2.05, 4.69) is 5.32 Å². The van der Waals surface area contributed by atoms with E-state index in [0.717, 1.165) is 31.6 Å². The summed E-state index contributed by atoms with van der Waals surface area (Å²) in [5.41, 5.74) is -0.914. The molecule has 0 radical (unpaired) electrons. The van der Waals surface area contributed by atoms with Crippen molar-refractivity contribution in [3.63, 3.8) is 0 Å². The van der Waals surface area contributed by atoms with Gasteiger partial charge in [-0.25, -0.2) is 4.79 Å². The molecule has 7 heteroatoms. The highest BCUT2D eigenvalue weighted by Gasteiger charge is 2.48. The smallest absolute Gasteiger partial charge is 0.416 e. The van der Waals surface area contributed by atoms with Gasteiger partial charge in [0, 0.05) is 18.2 Å². The molecule has 0 aromatic heterocycles. The molecule has 0 spiro atoms. The van der Waals surface area contributed by atoms with E-state index in [1.165, 1.54) is 17.0 Å². The topological polar surface area (TPSA) is 41.6 Å². The molecule has 2 saturated heterocycles. The van der Waals surface area contributed by atoms with Crippen LogP contribution in [0.25, 0.3) is 0 Å². The van der Waals surface area contributed by atoms with Crippen LogP contribution in [0, 0.1) is 5.92 Å². The highest BCUT2D eigenvalue weighted by atomic mass is 19.4. The van der Waals surface area contributed by atoms with Crippen molar-refractivity contribution in [2.75, 3.05) is 24.5 Å². The lowest BCUT2D eigenvalue weighted by Gasteiger charge is -2.28. The Morgan fingerprint density at radius 3 is 2.55 bits per heavy atom. The van der Waals surface area contributed by atoms with Gasteiger partial charge in [-0.3, -0.25) is 4.90 Å². The number of alkyl halides is 3. The first-order chi connectivity index (χ1) is 10.3. The maximum absolute atomic E-state index is 12.6. The second-order valence-electron chi connectivity index (χ2n) is 6.00. The average Bonchev–Trinajstić information content (AvgIpc) is 3.07. The number of anilines is 1. The molecule has 2 atom stereocenters. The Hall–Kier alpha value is -1.76. The normalized spacial score (nSPS) is 29.0. The number of amides is 1. The van der Waals surface area contributed by atoms with Crippen LogP contribution in [0.4, 0.5) is 23.7 Å². The molecule has 2 unspecified atom stereocenters. The third-order valence-electron chi connectivity index (χ3n) is 4.44. The number of hydrogen-bond donors (Lipinski definition) is 1. The van der Waals surface area contributed by atoms with Gasteiger partial charge in [-0.2, -0.15) is 13.2 Å².